The van der Waals surface area contributed by atoms with Gasteiger partial charge in [0.2, 0.25) is 5.91 Å². The second-order valence-electron chi connectivity index (χ2n) is 6.34. The molecule has 1 N–H and O–H groups in total. The molecule has 0 saturated heterocycles. The number of nitrogens with one attached hydrogen (secondary N) is 1. The topological polar surface area (TPSA) is 61.8 Å². The fraction of sp³-hybridized carbons (Fsp3) is 0.190. The van der Waals surface area contributed by atoms with E-state index in [1.807, 2.05) is 60.8 Å². The fourth-order valence-electron chi connectivity index (χ4n) is 2.64. The molecule has 3 aromatic rings. The molecule has 0 spiro atoms. The SMILES string of the molecule is CN(C)c1ccc(C(=O)CCC(=O)N/N=C/c2csc3ccccc23)cc1. The van der Waals surface area contributed by atoms with Gasteiger partial charge in [0.1, 0.15) is 0 Å². The Morgan fingerprint density at radius 1 is 1.07 bits per heavy atom. The average Bonchev–Trinajstić information content (AvgIpc) is 3.09. The Balaban J connectivity index is 1.50. The van der Waals surface area contributed by atoms with E-state index in [0.29, 0.717) is 5.56 Å². The molecule has 0 atom stereocenters. The number of anilines is 1. The number of benzene rings is 2. The Hall–Kier alpha value is -2.99. The zero-order valence-electron chi connectivity index (χ0n) is 15.3. The predicted molar refractivity (Wildman–Crippen MR) is 112 cm³/mol. The molecule has 0 saturated carbocycles. The molecule has 0 aliphatic heterocycles. The molecule has 138 valence electrons. The summed E-state index contributed by atoms with van der Waals surface area (Å²) < 4.78 is 1.18. The highest BCUT2D eigenvalue weighted by atomic mass is 32.1. The summed E-state index contributed by atoms with van der Waals surface area (Å²) in [5.41, 5.74) is 5.10. The van der Waals surface area contributed by atoms with Gasteiger partial charge in [-0.05, 0) is 30.3 Å². The van der Waals surface area contributed by atoms with Crippen LogP contribution in [0.3, 0.4) is 0 Å². The molecule has 1 heterocycles. The lowest BCUT2D eigenvalue weighted by Gasteiger charge is -2.12. The number of hydrazone groups is 1. The van der Waals surface area contributed by atoms with Crippen LogP contribution in [0.25, 0.3) is 10.1 Å². The minimum absolute atomic E-state index is 0.0525. The van der Waals surface area contributed by atoms with Crippen LogP contribution >= 0.6 is 11.3 Å². The van der Waals surface area contributed by atoms with E-state index >= 15 is 0 Å². The van der Waals surface area contributed by atoms with Crippen LogP contribution in [0.2, 0.25) is 0 Å². The van der Waals surface area contributed by atoms with Crippen molar-refractivity contribution < 1.29 is 9.59 Å². The first kappa shape index (κ1) is 18.8. The van der Waals surface area contributed by atoms with E-state index < -0.39 is 0 Å². The number of hydrogen-bond acceptors (Lipinski definition) is 5. The quantitative estimate of drug-likeness (QED) is 0.382. The predicted octanol–water partition coefficient (Wildman–Crippen LogP) is 4.08. The molecular weight excluding hydrogens is 358 g/mol. The van der Waals surface area contributed by atoms with Crippen LogP contribution < -0.4 is 10.3 Å². The zero-order valence-corrected chi connectivity index (χ0v) is 16.1. The van der Waals surface area contributed by atoms with E-state index in [4.69, 9.17) is 0 Å². The van der Waals surface area contributed by atoms with Gasteiger partial charge in [0.25, 0.3) is 0 Å². The van der Waals surface area contributed by atoms with Crippen molar-refractivity contribution in [2.75, 3.05) is 19.0 Å². The maximum Gasteiger partial charge on any atom is 0.240 e. The number of nitrogens with zero attached hydrogens (tertiary/aromatic N) is 2. The third kappa shape index (κ3) is 4.80. The second-order valence-corrected chi connectivity index (χ2v) is 7.26. The van der Waals surface area contributed by atoms with Crippen molar-refractivity contribution in [1.82, 2.24) is 5.43 Å². The molecule has 0 fully saturated rings. The van der Waals surface area contributed by atoms with E-state index in [0.717, 1.165) is 16.6 Å². The summed E-state index contributed by atoms with van der Waals surface area (Å²) >= 11 is 1.64. The second kappa shape index (κ2) is 8.60. The summed E-state index contributed by atoms with van der Waals surface area (Å²) in [6, 6.07) is 15.4. The standard InChI is InChI=1S/C21H21N3O2S/c1-24(2)17-9-7-15(8-10-17)19(25)11-12-21(26)23-22-13-16-14-27-20-6-4-3-5-18(16)20/h3-10,13-14H,11-12H2,1-2H3,(H,23,26)/b22-13+. The van der Waals surface area contributed by atoms with Gasteiger partial charge in [0, 0.05) is 59.2 Å². The lowest BCUT2D eigenvalue weighted by Crippen LogP contribution is -2.18. The number of Topliss-reactive ketones (excluding diaryl/α,β-unsaturated/α-hetero) is 1. The first-order valence-electron chi connectivity index (χ1n) is 8.63. The molecule has 0 unspecified atom stereocenters. The smallest absolute Gasteiger partial charge is 0.240 e. The number of thiophene rings is 1. The van der Waals surface area contributed by atoms with Crippen molar-refractivity contribution in [1.29, 1.82) is 0 Å². The third-order valence-corrected chi connectivity index (χ3v) is 5.17. The van der Waals surface area contributed by atoms with Crippen molar-refractivity contribution in [2.24, 2.45) is 5.10 Å². The molecule has 3 rings (SSSR count). The van der Waals surface area contributed by atoms with E-state index in [1.165, 1.54) is 4.70 Å². The number of hydrogen-bond donors (Lipinski definition) is 1. The van der Waals surface area contributed by atoms with Crippen molar-refractivity contribution in [3.63, 3.8) is 0 Å². The van der Waals surface area contributed by atoms with Crippen LogP contribution in [0, 0.1) is 0 Å². The summed E-state index contributed by atoms with van der Waals surface area (Å²) in [6.07, 6.45) is 1.90. The number of fused-ring (bicyclic) bond motifs is 1. The molecule has 27 heavy (non-hydrogen) atoms. The molecule has 0 aliphatic rings. The molecule has 0 aliphatic carbocycles. The van der Waals surface area contributed by atoms with Gasteiger partial charge in [-0.15, -0.1) is 11.3 Å². The average molecular weight is 379 g/mol. The normalized spacial score (nSPS) is 11.0. The van der Waals surface area contributed by atoms with Crippen LogP contribution in [-0.2, 0) is 4.79 Å². The van der Waals surface area contributed by atoms with Crippen molar-refractivity contribution in [2.45, 2.75) is 12.8 Å². The molecule has 1 amide bonds. The lowest BCUT2D eigenvalue weighted by molar-refractivity contribution is -0.121. The van der Waals surface area contributed by atoms with Gasteiger partial charge in [0.05, 0.1) is 6.21 Å². The minimum Gasteiger partial charge on any atom is -0.378 e. The van der Waals surface area contributed by atoms with Crippen molar-refractivity contribution >= 4 is 45.0 Å². The molecule has 5 nitrogen and oxygen atoms in total. The highest BCUT2D eigenvalue weighted by molar-refractivity contribution is 7.17. The Bertz CT molecular complexity index is 975. The van der Waals surface area contributed by atoms with Gasteiger partial charge in [-0.1, -0.05) is 18.2 Å². The van der Waals surface area contributed by atoms with E-state index in [9.17, 15) is 9.59 Å². The number of rotatable bonds is 7. The van der Waals surface area contributed by atoms with Gasteiger partial charge >= 0.3 is 0 Å². The van der Waals surface area contributed by atoms with Crippen LogP contribution in [-0.4, -0.2) is 32.0 Å². The number of carbonyl (C=O) groups excluding carboxylic acids is 2. The van der Waals surface area contributed by atoms with Crippen LogP contribution in [0.4, 0.5) is 5.69 Å². The van der Waals surface area contributed by atoms with Crippen molar-refractivity contribution in [3.8, 4) is 0 Å². The van der Waals surface area contributed by atoms with E-state index in [2.05, 4.69) is 10.5 Å². The number of ketones is 1. The fourth-order valence-corrected chi connectivity index (χ4v) is 3.56. The number of carbonyl (C=O) groups is 2. The molecule has 6 heteroatoms. The highest BCUT2D eigenvalue weighted by Gasteiger charge is 2.09. The van der Waals surface area contributed by atoms with Gasteiger partial charge in [-0.3, -0.25) is 9.59 Å². The Kier molecular flexibility index (Phi) is 5.98. The minimum atomic E-state index is -0.274. The first-order valence-corrected chi connectivity index (χ1v) is 9.51. The van der Waals surface area contributed by atoms with Gasteiger partial charge in [-0.25, -0.2) is 5.43 Å². The Morgan fingerprint density at radius 3 is 2.56 bits per heavy atom. The monoisotopic (exact) mass is 379 g/mol. The summed E-state index contributed by atoms with van der Waals surface area (Å²) in [5, 5.41) is 7.12. The van der Waals surface area contributed by atoms with Gasteiger partial charge in [0.15, 0.2) is 5.78 Å². The van der Waals surface area contributed by atoms with Crippen molar-refractivity contribution in [3.05, 3.63) is 65.0 Å². The van der Waals surface area contributed by atoms with Crippen LogP contribution in [0.15, 0.2) is 59.0 Å². The number of amides is 1. The van der Waals surface area contributed by atoms with Crippen LogP contribution in [0.1, 0.15) is 28.8 Å². The molecule has 0 radical (unpaired) electrons. The molecule has 0 bridgehead atoms. The van der Waals surface area contributed by atoms with E-state index in [-0.39, 0.29) is 24.5 Å². The van der Waals surface area contributed by atoms with Gasteiger partial charge < -0.3 is 4.90 Å². The lowest BCUT2D eigenvalue weighted by atomic mass is 10.1. The first-order chi connectivity index (χ1) is 13.0. The summed E-state index contributed by atoms with van der Waals surface area (Å²) in [4.78, 5) is 26.1. The molecular formula is C21H21N3O2S. The van der Waals surface area contributed by atoms with E-state index in [1.54, 1.807) is 29.7 Å². The largest absolute Gasteiger partial charge is 0.378 e. The Morgan fingerprint density at radius 2 is 1.81 bits per heavy atom. The maximum atomic E-state index is 12.2. The zero-order chi connectivity index (χ0) is 19.2. The summed E-state index contributed by atoms with van der Waals surface area (Å²) in [5.74, 6) is -0.327. The van der Waals surface area contributed by atoms with Crippen LogP contribution in [0.5, 0.6) is 0 Å². The Labute approximate surface area is 162 Å². The highest BCUT2D eigenvalue weighted by Crippen LogP contribution is 2.24. The molecule has 2 aromatic carbocycles. The van der Waals surface area contributed by atoms with Gasteiger partial charge in [-0.2, -0.15) is 5.10 Å². The maximum absolute atomic E-state index is 12.2. The summed E-state index contributed by atoms with van der Waals surface area (Å²) in [6.45, 7) is 0. The molecule has 1 aromatic heterocycles. The third-order valence-electron chi connectivity index (χ3n) is 4.19. The summed E-state index contributed by atoms with van der Waals surface area (Å²) in [7, 11) is 3.89.